The van der Waals surface area contributed by atoms with E-state index in [9.17, 15) is 0 Å². The van der Waals surface area contributed by atoms with Crippen molar-refractivity contribution in [1.82, 2.24) is 24.7 Å². The van der Waals surface area contributed by atoms with Crippen LogP contribution < -0.4 is 4.90 Å². The van der Waals surface area contributed by atoms with Gasteiger partial charge in [-0.3, -0.25) is 4.68 Å². The third kappa shape index (κ3) is 3.77. The third-order valence-corrected chi connectivity index (χ3v) is 6.13. The van der Waals surface area contributed by atoms with Crippen LogP contribution in [0.4, 0.5) is 5.82 Å². The zero-order valence-corrected chi connectivity index (χ0v) is 19.2. The van der Waals surface area contributed by atoms with Crippen molar-refractivity contribution in [3.8, 4) is 22.5 Å². The van der Waals surface area contributed by atoms with E-state index in [2.05, 4.69) is 58.9 Å². The van der Waals surface area contributed by atoms with E-state index >= 15 is 0 Å². The second kappa shape index (κ2) is 8.39. The molecule has 1 unspecified atom stereocenters. The lowest BCUT2D eigenvalue weighted by atomic mass is 9.98. The highest BCUT2D eigenvalue weighted by molar-refractivity contribution is 5.93. The maximum absolute atomic E-state index is 5.68. The second-order valence-electron chi connectivity index (χ2n) is 9.06. The van der Waals surface area contributed by atoms with Crippen molar-refractivity contribution in [1.29, 1.82) is 0 Å². The van der Waals surface area contributed by atoms with E-state index in [0.717, 1.165) is 52.3 Å². The van der Waals surface area contributed by atoms with Crippen molar-refractivity contribution in [2.75, 3.05) is 24.7 Å². The number of hydrogen-bond donors (Lipinski definition) is 1. The van der Waals surface area contributed by atoms with Gasteiger partial charge in [0.25, 0.3) is 0 Å². The Balaban J connectivity index is 1.71. The van der Waals surface area contributed by atoms with Crippen molar-refractivity contribution in [2.45, 2.75) is 33.2 Å². The average Bonchev–Trinajstić information content (AvgIpc) is 3.39. The van der Waals surface area contributed by atoms with E-state index in [0.29, 0.717) is 19.1 Å². The molecule has 1 atom stereocenters. The quantitative estimate of drug-likeness (QED) is 0.506. The Kier molecular flexibility index (Phi) is 5.43. The molecule has 1 aliphatic rings. The fourth-order valence-corrected chi connectivity index (χ4v) is 4.63. The minimum absolute atomic E-state index is 0.269. The van der Waals surface area contributed by atoms with Crippen molar-refractivity contribution in [2.24, 2.45) is 13.0 Å². The van der Waals surface area contributed by atoms with Crippen LogP contribution in [0.15, 0.2) is 42.9 Å². The van der Waals surface area contributed by atoms with Crippen molar-refractivity contribution in [3.05, 3.63) is 48.4 Å². The largest absolute Gasteiger partial charge is 0.377 e. The fraction of sp³-hybridized carbons (Fsp3) is 0.400. The summed E-state index contributed by atoms with van der Waals surface area (Å²) in [6.07, 6.45) is 6.76. The molecule has 7 nitrogen and oxygen atoms in total. The molecule has 4 aromatic rings. The summed E-state index contributed by atoms with van der Waals surface area (Å²) in [5, 5.41) is 5.67. The summed E-state index contributed by atoms with van der Waals surface area (Å²) >= 11 is 0. The molecule has 0 spiro atoms. The zero-order valence-electron chi connectivity index (χ0n) is 19.2. The molecular formula is C25H30N6O. The molecule has 0 radical (unpaired) electrons. The van der Waals surface area contributed by atoms with Crippen molar-refractivity contribution < 1.29 is 4.74 Å². The summed E-state index contributed by atoms with van der Waals surface area (Å²) in [6.45, 7) is 8.94. The number of nitrogens with zero attached hydrogens (tertiary/aromatic N) is 5. The zero-order chi connectivity index (χ0) is 22.2. The van der Waals surface area contributed by atoms with Gasteiger partial charge in [-0.15, -0.1) is 0 Å². The van der Waals surface area contributed by atoms with E-state index in [4.69, 9.17) is 9.72 Å². The molecule has 1 N–H and O–H groups in total. The van der Waals surface area contributed by atoms with Crippen LogP contribution in [-0.2, 0) is 18.2 Å². The topological polar surface area (TPSA) is 71.9 Å². The van der Waals surface area contributed by atoms with E-state index in [1.807, 2.05) is 36.4 Å². The molecule has 7 heteroatoms. The van der Waals surface area contributed by atoms with Gasteiger partial charge in [-0.2, -0.15) is 5.10 Å². The van der Waals surface area contributed by atoms with Crippen LogP contribution in [0.1, 0.15) is 26.3 Å². The number of rotatable bonds is 5. The number of pyridine rings is 2. The molecule has 0 aromatic carbocycles. The standard InChI is InChI=1S/C25H30N6O/c1-16(2)11-19-14-28-30(4)24(19)18-12-22(20-5-7-26-25-21(20)6-8-27-25)29-23(13-18)31-9-10-32-15-17(31)3/h5-8,12-14,16-17H,9-11,15H2,1-4H3,(H,26,27). The molecule has 0 aliphatic carbocycles. The van der Waals surface area contributed by atoms with Crippen LogP contribution in [0.25, 0.3) is 33.5 Å². The smallest absolute Gasteiger partial charge is 0.137 e. The molecule has 32 heavy (non-hydrogen) atoms. The Morgan fingerprint density at radius 1 is 1.25 bits per heavy atom. The Bertz CT molecular complexity index is 1240. The first-order valence-electron chi connectivity index (χ1n) is 11.3. The van der Waals surface area contributed by atoms with Gasteiger partial charge in [-0.1, -0.05) is 13.8 Å². The Morgan fingerprint density at radius 3 is 2.94 bits per heavy atom. The van der Waals surface area contributed by atoms with Gasteiger partial charge in [0, 0.05) is 42.5 Å². The van der Waals surface area contributed by atoms with Gasteiger partial charge in [0.15, 0.2) is 0 Å². The lowest BCUT2D eigenvalue weighted by Crippen LogP contribution is -2.44. The van der Waals surface area contributed by atoms with Gasteiger partial charge in [0.1, 0.15) is 11.5 Å². The van der Waals surface area contributed by atoms with Crippen LogP contribution in [0.5, 0.6) is 0 Å². The number of H-pyrrole nitrogens is 1. The summed E-state index contributed by atoms with van der Waals surface area (Å²) in [6, 6.07) is 8.79. The summed E-state index contributed by atoms with van der Waals surface area (Å²) in [7, 11) is 2.02. The van der Waals surface area contributed by atoms with Gasteiger partial charge in [-0.25, -0.2) is 9.97 Å². The monoisotopic (exact) mass is 430 g/mol. The van der Waals surface area contributed by atoms with Gasteiger partial charge in [0.05, 0.1) is 36.8 Å². The molecule has 166 valence electrons. The third-order valence-electron chi connectivity index (χ3n) is 6.13. The highest BCUT2D eigenvalue weighted by atomic mass is 16.5. The van der Waals surface area contributed by atoms with E-state index in [-0.39, 0.29) is 6.04 Å². The first-order chi connectivity index (χ1) is 15.5. The number of nitrogens with one attached hydrogen (secondary N) is 1. The minimum atomic E-state index is 0.269. The van der Waals surface area contributed by atoms with Crippen LogP contribution in [0.2, 0.25) is 0 Å². The number of aromatic amines is 1. The molecule has 1 aliphatic heterocycles. The Labute approximate surface area is 188 Å². The number of anilines is 1. The molecule has 1 saturated heterocycles. The predicted molar refractivity (Wildman–Crippen MR) is 128 cm³/mol. The van der Waals surface area contributed by atoms with E-state index < -0.39 is 0 Å². The highest BCUT2D eigenvalue weighted by Gasteiger charge is 2.23. The molecule has 0 saturated carbocycles. The molecule has 0 amide bonds. The van der Waals surface area contributed by atoms with E-state index in [1.54, 1.807) is 0 Å². The fourth-order valence-electron chi connectivity index (χ4n) is 4.63. The number of hydrogen-bond acceptors (Lipinski definition) is 5. The molecular weight excluding hydrogens is 400 g/mol. The van der Waals surface area contributed by atoms with Crippen LogP contribution in [0, 0.1) is 5.92 Å². The number of ether oxygens (including phenoxy) is 1. The van der Waals surface area contributed by atoms with Gasteiger partial charge >= 0.3 is 0 Å². The van der Waals surface area contributed by atoms with E-state index in [1.165, 1.54) is 5.56 Å². The van der Waals surface area contributed by atoms with Crippen LogP contribution >= 0.6 is 0 Å². The SMILES string of the molecule is CC(C)Cc1cnn(C)c1-c1cc(-c2ccnc3[nH]ccc23)nc(N2CCOCC2C)c1. The summed E-state index contributed by atoms with van der Waals surface area (Å²) in [4.78, 5) is 15.2. The normalized spacial score (nSPS) is 16.9. The summed E-state index contributed by atoms with van der Waals surface area (Å²) in [5.74, 6) is 1.53. The molecule has 5 heterocycles. The first kappa shape index (κ1) is 20.7. The molecule has 0 bridgehead atoms. The number of fused-ring (bicyclic) bond motifs is 1. The molecule has 5 rings (SSSR count). The second-order valence-corrected chi connectivity index (χ2v) is 9.06. The maximum atomic E-state index is 5.68. The lowest BCUT2D eigenvalue weighted by molar-refractivity contribution is 0.0985. The lowest BCUT2D eigenvalue weighted by Gasteiger charge is -2.34. The van der Waals surface area contributed by atoms with Gasteiger partial charge in [0.2, 0.25) is 0 Å². The van der Waals surface area contributed by atoms with Gasteiger partial charge in [-0.05, 0) is 49.1 Å². The maximum Gasteiger partial charge on any atom is 0.137 e. The average molecular weight is 431 g/mol. The van der Waals surface area contributed by atoms with Crippen LogP contribution in [-0.4, -0.2) is 50.5 Å². The van der Waals surface area contributed by atoms with Gasteiger partial charge < -0.3 is 14.6 Å². The number of aryl methyl sites for hydroxylation is 1. The van der Waals surface area contributed by atoms with Crippen molar-refractivity contribution in [3.63, 3.8) is 0 Å². The summed E-state index contributed by atoms with van der Waals surface area (Å²) < 4.78 is 7.67. The molecule has 1 fully saturated rings. The Hall–Kier alpha value is -3.19. The Morgan fingerprint density at radius 2 is 2.12 bits per heavy atom. The minimum Gasteiger partial charge on any atom is -0.377 e. The number of morpholine rings is 1. The molecule has 4 aromatic heterocycles. The van der Waals surface area contributed by atoms with Crippen LogP contribution in [0.3, 0.4) is 0 Å². The van der Waals surface area contributed by atoms with Crippen molar-refractivity contribution >= 4 is 16.9 Å². The predicted octanol–water partition coefficient (Wildman–Crippen LogP) is 4.45. The number of aromatic nitrogens is 5. The highest BCUT2D eigenvalue weighted by Crippen LogP contribution is 2.34. The first-order valence-corrected chi connectivity index (χ1v) is 11.3. The summed E-state index contributed by atoms with van der Waals surface area (Å²) in [5.41, 5.74) is 6.45.